The van der Waals surface area contributed by atoms with Crippen molar-refractivity contribution in [2.75, 3.05) is 5.32 Å². The molecule has 0 spiro atoms. The monoisotopic (exact) mass is 343 g/mol. The minimum Gasteiger partial charge on any atom is -0.490 e. The van der Waals surface area contributed by atoms with Gasteiger partial charge in [0.05, 0.1) is 17.4 Å². The molecule has 1 amide bonds. The first-order valence-electron chi connectivity index (χ1n) is 8.14. The van der Waals surface area contributed by atoms with E-state index >= 15 is 0 Å². The van der Waals surface area contributed by atoms with Gasteiger partial charge in [0.1, 0.15) is 11.6 Å². The van der Waals surface area contributed by atoms with Gasteiger partial charge >= 0.3 is 5.97 Å². The van der Waals surface area contributed by atoms with Crippen LogP contribution in [0.15, 0.2) is 42.5 Å². The van der Waals surface area contributed by atoms with Gasteiger partial charge in [0.25, 0.3) is 5.91 Å². The number of carbonyl (C=O) groups excluding carboxylic acids is 1. The summed E-state index contributed by atoms with van der Waals surface area (Å²) >= 11 is 0. The van der Waals surface area contributed by atoms with E-state index in [1.54, 1.807) is 24.3 Å². The van der Waals surface area contributed by atoms with Gasteiger partial charge in [-0.15, -0.1) is 0 Å². The third-order valence-corrected chi connectivity index (χ3v) is 4.17. The molecule has 0 aliphatic heterocycles. The average Bonchev–Trinajstić information content (AvgIpc) is 3.09. The summed E-state index contributed by atoms with van der Waals surface area (Å²) in [7, 11) is 0. The lowest BCUT2D eigenvalue weighted by Crippen LogP contribution is -2.15. The minimum absolute atomic E-state index is 0.0721. The Balaban J connectivity index is 1.71. The molecule has 2 aromatic rings. The fourth-order valence-corrected chi connectivity index (χ4v) is 2.85. The van der Waals surface area contributed by atoms with E-state index in [1.165, 1.54) is 12.1 Å². The summed E-state index contributed by atoms with van der Waals surface area (Å²) < 4.78 is 19.8. The van der Waals surface area contributed by atoms with E-state index in [0.29, 0.717) is 11.3 Å². The number of nitrogens with one attached hydrogen (secondary N) is 1. The first kappa shape index (κ1) is 17.0. The standard InChI is InChI=1S/C19H18FNO4/c20-16-11-13(19(23)24)8-9-17(16)21-18(22)12-4-3-7-15(10-12)25-14-5-1-2-6-14/h3-4,7-11,14H,1-2,5-6H2,(H,21,22)(H,23,24). The number of carboxylic acids is 1. The molecule has 0 bridgehead atoms. The van der Waals surface area contributed by atoms with Crippen molar-refractivity contribution >= 4 is 17.6 Å². The van der Waals surface area contributed by atoms with Gasteiger partial charge in [-0.05, 0) is 62.1 Å². The molecular weight excluding hydrogens is 325 g/mol. The Morgan fingerprint density at radius 2 is 1.84 bits per heavy atom. The van der Waals surface area contributed by atoms with Crippen molar-refractivity contribution in [3.63, 3.8) is 0 Å². The van der Waals surface area contributed by atoms with Crippen LogP contribution in [0.25, 0.3) is 0 Å². The fraction of sp³-hybridized carbons (Fsp3) is 0.263. The van der Waals surface area contributed by atoms with Crippen molar-refractivity contribution in [2.45, 2.75) is 31.8 Å². The molecule has 3 rings (SSSR count). The van der Waals surface area contributed by atoms with E-state index in [-0.39, 0.29) is 17.4 Å². The number of ether oxygens (including phenoxy) is 1. The third-order valence-electron chi connectivity index (χ3n) is 4.17. The second-order valence-corrected chi connectivity index (χ2v) is 6.01. The van der Waals surface area contributed by atoms with E-state index < -0.39 is 17.7 Å². The summed E-state index contributed by atoms with van der Waals surface area (Å²) in [6.45, 7) is 0. The van der Waals surface area contributed by atoms with Crippen LogP contribution in [-0.4, -0.2) is 23.1 Å². The normalized spacial score (nSPS) is 14.3. The Morgan fingerprint density at radius 1 is 1.08 bits per heavy atom. The zero-order chi connectivity index (χ0) is 17.8. The highest BCUT2D eigenvalue weighted by Gasteiger charge is 2.17. The van der Waals surface area contributed by atoms with Crippen LogP contribution in [0.1, 0.15) is 46.4 Å². The molecule has 0 heterocycles. The molecule has 1 aliphatic rings. The van der Waals surface area contributed by atoms with Crippen LogP contribution in [0, 0.1) is 5.82 Å². The quantitative estimate of drug-likeness (QED) is 0.857. The van der Waals surface area contributed by atoms with Crippen LogP contribution in [-0.2, 0) is 0 Å². The topological polar surface area (TPSA) is 75.6 Å². The summed E-state index contributed by atoms with van der Waals surface area (Å²) in [5.74, 6) is -1.90. The van der Waals surface area contributed by atoms with Crippen molar-refractivity contribution in [1.82, 2.24) is 0 Å². The molecule has 1 fully saturated rings. The lowest BCUT2D eigenvalue weighted by atomic mass is 10.1. The Labute approximate surface area is 144 Å². The van der Waals surface area contributed by atoms with Gasteiger partial charge in [-0.25, -0.2) is 9.18 Å². The van der Waals surface area contributed by atoms with Gasteiger partial charge in [0, 0.05) is 5.56 Å². The van der Waals surface area contributed by atoms with Crippen LogP contribution in [0.5, 0.6) is 5.75 Å². The van der Waals surface area contributed by atoms with E-state index in [2.05, 4.69) is 5.32 Å². The zero-order valence-corrected chi connectivity index (χ0v) is 13.5. The van der Waals surface area contributed by atoms with Gasteiger partial charge in [-0.3, -0.25) is 4.79 Å². The second kappa shape index (κ2) is 7.34. The number of hydrogen-bond donors (Lipinski definition) is 2. The van der Waals surface area contributed by atoms with E-state index in [9.17, 15) is 14.0 Å². The van der Waals surface area contributed by atoms with Crippen LogP contribution in [0.2, 0.25) is 0 Å². The lowest BCUT2D eigenvalue weighted by Gasteiger charge is -2.14. The van der Waals surface area contributed by atoms with Crippen molar-refractivity contribution in [3.05, 3.63) is 59.4 Å². The van der Waals surface area contributed by atoms with Crippen LogP contribution in [0.3, 0.4) is 0 Å². The van der Waals surface area contributed by atoms with Gasteiger partial charge in [-0.1, -0.05) is 6.07 Å². The molecule has 2 N–H and O–H groups in total. The fourth-order valence-electron chi connectivity index (χ4n) is 2.85. The summed E-state index contributed by atoms with van der Waals surface area (Å²) in [5.41, 5.74) is 0.0942. The minimum atomic E-state index is -1.23. The Bertz CT molecular complexity index is 800. The molecule has 1 aliphatic carbocycles. The molecule has 0 atom stereocenters. The summed E-state index contributed by atoms with van der Waals surface area (Å²) in [4.78, 5) is 23.1. The van der Waals surface area contributed by atoms with Crippen molar-refractivity contribution in [3.8, 4) is 5.75 Å². The molecule has 2 aromatic carbocycles. The molecule has 0 radical (unpaired) electrons. The maximum absolute atomic E-state index is 13.9. The number of aromatic carboxylic acids is 1. The third kappa shape index (κ3) is 4.15. The molecule has 0 unspecified atom stereocenters. The van der Waals surface area contributed by atoms with Crippen molar-refractivity contribution in [2.24, 2.45) is 0 Å². The molecule has 1 saturated carbocycles. The number of carboxylic acid groups (broad SMARTS) is 1. The summed E-state index contributed by atoms with van der Waals surface area (Å²) in [5, 5.41) is 11.3. The summed E-state index contributed by atoms with van der Waals surface area (Å²) in [6.07, 6.45) is 4.50. The van der Waals surface area contributed by atoms with E-state index in [1.807, 2.05) is 0 Å². The van der Waals surface area contributed by atoms with Crippen molar-refractivity contribution < 1.29 is 23.8 Å². The SMILES string of the molecule is O=C(O)c1ccc(NC(=O)c2cccc(OC3CCCC3)c2)c(F)c1. The molecule has 130 valence electrons. The Kier molecular flexibility index (Phi) is 4.97. The number of halogens is 1. The van der Waals surface area contributed by atoms with Crippen molar-refractivity contribution in [1.29, 1.82) is 0 Å². The molecule has 0 saturated heterocycles. The highest BCUT2D eigenvalue weighted by atomic mass is 19.1. The van der Waals surface area contributed by atoms with E-state index in [4.69, 9.17) is 9.84 Å². The molecule has 5 nitrogen and oxygen atoms in total. The van der Waals surface area contributed by atoms with Crippen LogP contribution < -0.4 is 10.1 Å². The highest BCUT2D eigenvalue weighted by Crippen LogP contribution is 2.25. The van der Waals surface area contributed by atoms with Crippen LogP contribution >= 0.6 is 0 Å². The second-order valence-electron chi connectivity index (χ2n) is 6.01. The molecule has 25 heavy (non-hydrogen) atoms. The zero-order valence-electron chi connectivity index (χ0n) is 13.5. The molecular formula is C19H18FNO4. The van der Waals surface area contributed by atoms with Gasteiger partial charge in [-0.2, -0.15) is 0 Å². The maximum Gasteiger partial charge on any atom is 0.335 e. The maximum atomic E-state index is 13.9. The first-order chi connectivity index (χ1) is 12.0. The number of anilines is 1. The number of carbonyl (C=O) groups is 2. The molecule has 6 heteroatoms. The Morgan fingerprint density at radius 3 is 2.52 bits per heavy atom. The predicted molar refractivity (Wildman–Crippen MR) is 90.6 cm³/mol. The van der Waals surface area contributed by atoms with Gasteiger partial charge in [0.15, 0.2) is 0 Å². The average molecular weight is 343 g/mol. The number of amides is 1. The number of benzene rings is 2. The number of hydrogen-bond acceptors (Lipinski definition) is 3. The van der Waals surface area contributed by atoms with Crippen LogP contribution in [0.4, 0.5) is 10.1 Å². The summed E-state index contributed by atoms with van der Waals surface area (Å²) in [6, 6.07) is 10.1. The smallest absolute Gasteiger partial charge is 0.335 e. The number of rotatable bonds is 5. The Hall–Kier alpha value is -2.89. The largest absolute Gasteiger partial charge is 0.490 e. The predicted octanol–water partition coefficient (Wildman–Crippen LogP) is 4.10. The molecule has 0 aromatic heterocycles. The highest BCUT2D eigenvalue weighted by molar-refractivity contribution is 6.04. The van der Waals surface area contributed by atoms with Gasteiger partial charge in [0.2, 0.25) is 0 Å². The first-order valence-corrected chi connectivity index (χ1v) is 8.14. The van der Waals surface area contributed by atoms with E-state index in [0.717, 1.165) is 31.7 Å². The van der Waals surface area contributed by atoms with Gasteiger partial charge < -0.3 is 15.2 Å². The lowest BCUT2D eigenvalue weighted by molar-refractivity contribution is 0.0696.